The summed E-state index contributed by atoms with van der Waals surface area (Å²) in [4.78, 5) is 30.4. The minimum Gasteiger partial charge on any atom is -0.429 e. The Bertz CT molecular complexity index is 1070. The number of ether oxygens (including phenoxy) is 1. The van der Waals surface area contributed by atoms with E-state index in [0.29, 0.717) is 11.3 Å². The number of esters is 1. The molecule has 0 aromatic heterocycles. The maximum Gasteiger partial charge on any atom is 0.307 e. The Morgan fingerprint density at radius 2 is 1.10 bits per heavy atom. The minimum atomic E-state index is -0.539. The normalized spacial score (nSPS) is 14.8. The third kappa shape index (κ3) is 7.97. The second kappa shape index (κ2) is 15.5. The van der Waals surface area contributed by atoms with Gasteiger partial charge in [-0.2, -0.15) is 0 Å². The summed E-state index contributed by atoms with van der Waals surface area (Å²) in [5.41, 5.74) is 4.55. The molecule has 0 spiro atoms. The fourth-order valence-corrected chi connectivity index (χ4v) is 5.16. The molecular weight excluding hydrogens is 484 g/mol. The fourth-order valence-electron chi connectivity index (χ4n) is 5.16. The maximum atomic E-state index is 13.5. The van der Waals surface area contributed by atoms with Crippen molar-refractivity contribution in [2.75, 3.05) is 36.0 Å². The molecule has 1 aliphatic carbocycles. The number of hydrogen-bond acceptors (Lipinski definition) is 5. The van der Waals surface area contributed by atoms with Crippen molar-refractivity contribution in [3.05, 3.63) is 65.4 Å². The number of ketones is 1. The molecule has 0 saturated carbocycles. The van der Waals surface area contributed by atoms with E-state index in [1.165, 1.54) is 18.3 Å². The van der Waals surface area contributed by atoms with Crippen LogP contribution >= 0.6 is 0 Å². The van der Waals surface area contributed by atoms with Crippen LogP contribution < -0.4 is 9.80 Å². The lowest BCUT2D eigenvalue weighted by atomic mass is 9.75. The number of carbonyl (C=O) groups excluding carboxylic acids is 2. The Balaban J connectivity index is 1.85. The second-order valence-corrected chi connectivity index (χ2v) is 10.7. The molecule has 0 aliphatic heterocycles. The summed E-state index contributed by atoms with van der Waals surface area (Å²) in [7, 11) is 0. The van der Waals surface area contributed by atoms with E-state index in [0.717, 1.165) is 88.7 Å². The largest absolute Gasteiger partial charge is 0.429 e. The van der Waals surface area contributed by atoms with Crippen molar-refractivity contribution in [1.82, 2.24) is 0 Å². The van der Waals surface area contributed by atoms with Gasteiger partial charge in [0.15, 0.2) is 5.78 Å². The molecule has 2 aromatic carbocycles. The first-order chi connectivity index (χ1) is 18.9. The van der Waals surface area contributed by atoms with Crippen LogP contribution in [-0.2, 0) is 14.3 Å². The molecule has 0 fully saturated rings. The fraction of sp³-hybridized carbons (Fsp3) is 0.529. The number of hydrogen-bond donors (Lipinski definition) is 0. The molecule has 0 N–H and O–H groups in total. The van der Waals surface area contributed by atoms with Crippen LogP contribution in [0.25, 0.3) is 5.57 Å². The molecule has 5 heteroatoms. The lowest BCUT2D eigenvalue weighted by Gasteiger charge is -2.32. The van der Waals surface area contributed by atoms with Crippen LogP contribution in [-0.4, -0.2) is 37.9 Å². The maximum absolute atomic E-state index is 13.5. The van der Waals surface area contributed by atoms with Crippen LogP contribution in [0.1, 0.15) is 103 Å². The first kappa shape index (κ1) is 30.5. The topological polar surface area (TPSA) is 49.9 Å². The molecule has 0 heterocycles. The number of allylic oxidation sites excluding steroid dienone is 2. The minimum absolute atomic E-state index is 0.00870. The molecule has 1 unspecified atom stereocenters. The molecule has 5 nitrogen and oxygen atoms in total. The summed E-state index contributed by atoms with van der Waals surface area (Å²) < 4.78 is 5.66. The van der Waals surface area contributed by atoms with Crippen LogP contribution in [0.3, 0.4) is 0 Å². The standard InChI is InChI=1S/C34H48N2O3/c1-6-10-22-35(23-11-7-2)29-18-14-27(15-19-29)31-33(38)32(34(31)39-26(5)37)28-16-20-30(21-17-28)36(24-12-8-3)25-13-9-4/h14-21,31H,6-13,22-25H2,1-5H3. The zero-order valence-electron chi connectivity index (χ0n) is 24.8. The van der Waals surface area contributed by atoms with Gasteiger partial charge in [0.25, 0.3) is 0 Å². The summed E-state index contributed by atoms with van der Waals surface area (Å²) in [6, 6.07) is 16.4. The smallest absolute Gasteiger partial charge is 0.307 e. The average molecular weight is 533 g/mol. The highest BCUT2D eigenvalue weighted by molar-refractivity contribution is 6.32. The van der Waals surface area contributed by atoms with E-state index in [-0.39, 0.29) is 5.78 Å². The summed E-state index contributed by atoms with van der Waals surface area (Å²) >= 11 is 0. The van der Waals surface area contributed by atoms with Crippen molar-refractivity contribution in [3.8, 4) is 0 Å². The summed E-state index contributed by atoms with van der Waals surface area (Å²) in [5.74, 6) is -0.461. The summed E-state index contributed by atoms with van der Waals surface area (Å²) in [6.07, 6.45) is 9.26. The van der Waals surface area contributed by atoms with Crippen LogP contribution in [0.2, 0.25) is 0 Å². The Labute approximate surface area is 236 Å². The van der Waals surface area contributed by atoms with E-state index in [9.17, 15) is 9.59 Å². The van der Waals surface area contributed by atoms with Crippen LogP contribution in [0.15, 0.2) is 54.3 Å². The van der Waals surface area contributed by atoms with E-state index >= 15 is 0 Å². The van der Waals surface area contributed by atoms with Gasteiger partial charge in [-0.15, -0.1) is 0 Å². The van der Waals surface area contributed by atoms with Gasteiger partial charge in [0.2, 0.25) is 0 Å². The lowest BCUT2D eigenvalue weighted by Crippen LogP contribution is -2.31. The Morgan fingerprint density at radius 1 is 0.692 bits per heavy atom. The Hall–Kier alpha value is -3.08. The highest BCUT2D eigenvalue weighted by Crippen LogP contribution is 2.45. The molecule has 1 atom stereocenters. The quantitative estimate of drug-likeness (QED) is 0.192. The van der Waals surface area contributed by atoms with Crippen molar-refractivity contribution >= 4 is 28.7 Å². The zero-order valence-corrected chi connectivity index (χ0v) is 24.8. The van der Waals surface area contributed by atoms with E-state index < -0.39 is 11.9 Å². The number of anilines is 2. The number of rotatable bonds is 17. The highest BCUT2D eigenvalue weighted by atomic mass is 16.5. The van der Waals surface area contributed by atoms with Gasteiger partial charge in [-0.25, -0.2) is 0 Å². The lowest BCUT2D eigenvalue weighted by molar-refractivity contribution is -0.138. The second-order valence-electron chi connectivity index (χ2n) is 10.7. The highest BCUT2D eigenvalue weighted by Gasteiger charge is 2.43. The van der Waals surface area contributed by atoms with Gasteiger partial charge in [-0.3, -0.25) is 9.59 Å². The van der Waals surface area contributed by atoms with Gasteiger partial charge < -0.3 is 14.5 Å². The van der Waals surface area contributed by atoms with Crippen molar-refractivity contribution in [1.29, 1.82) is 0 Å². The molecule has 3 rings (SSSR count). The third-order valence-corrected chi connectivity index (χ3v) is 7.51. The Morgan fingerprint density at radius 3 is 1.49 bits per heavy atom. The number of benzene rings is 2. The molecule has 0 bridgehead atoms. The van der Waals surface area contributed by atoms with E-state index in [1.54, 1.807) is 0 Å². The molecule has 212 valence electrons. The number of nitrogens with zero attached hydrogens (tertiary/aromatic N) is 2. The van der Waals surface area contributed by atoms with E-state index in [1.807, 2.05) is 24.3 Å². The van der Waals surface area contributed by atoms with Crippen LogP contribution in [0.4, 0.5) is 11.4 Å². The monoisotopic (exact) mass is 532 g/mol. The molecule has 39 heavy (non-hydrogen) atoms. The Kier molecular flexibility index (Phi) is 12.1. The molecular formula is C34H48N2O3. The van der Waals surface area contributed by atoms with Gasteiger partial charge >= 0.3 is 5.97 Å². The molecule has 0 radical (unpaired) electrons. The molecule has 1 aliphatic rings. The number of carbonyl (C=O) groups is 2. The van der Waals surface area contributed by atoms with Crippen molar-refractivity contribution in [2.45, 2.75) is 91.9 Å². The van der Waals surface area contributed by atoms with Gasteiger partial charge in [0, 0.05) is 44.5 Å². The van der Waals surface area contributed by atoms with Gasteiger partial charge in [0.1, 0.15) is 11.7 Å². The van der Waals surface area contributed by atoms with Gasteiger partial charge in [-0.1, -0.05) is 77.6 Å². The van der Waals surface area contributed by atoms with Crippen molar-refractivity contribution < 1.29 is 14.3 Å². The molecule has 0 saturated heterocycles. The number of Topliss-reactive ketones (excluding diaryl/α,β-unsaturated/α-hetero) is 1. The summed E-state index contributed by atoms with van der Waals surface area (Å²) in [5, 5.41) is 0. The first-order valence-electron chi connectivity index (χ1n) is 15.1. The van der Waals surface area contributed by atoms with Gasteiger partial charge in [0.05, 0.1) is 5.57 Å². The van der Waals surface area contributed by atoms with Crippen molar-refractivity contribution in [2.24, 2.45) is 0 Å². The number of unbranched alkanes of at least 4 members (excludes halogenated alkanes) is 4. The predicted molar refractivity (Wildman–Crippen MR) is 163 cm³/mol. The van der Waals surface area contributed by atoms with Gasteiger partial charge in [-0.05, 0) is 61.1 Å². The van der Waals surface area contributed by atoms with Crippen LogP contribution in [0, 0.1) is 0 Å². The molecule has 0 amide bonds. The first-order valence-corrected chi connectivity index (χ1v) is 15.1. The average Bonchev–Trinajstić information content (AvgIpc) is 2.94. The van der Waals surface area contributed by atoms with Crippen LogP contribution in [0.5, 0.6) is 0 Å². The van der Waals surface area contributed by atoms with E-state index in [4.69, 9.17) is 4.74 Å². The summed E-state index contributed by atoms with van der Waals surface area (Å²) in [6.45, 7) is 14.4. The third-order valence-electron chi connectivity index (χ3n) is 7.51. The SMILES string of the molecule is CCCCN(CCCC)c1ccc(C2=C(OC(C)=O)C(c3ccc(N(CCCC)CCCC)cc3)C2=O)cc1. The van der Waals surface area contributed by atoms with Crippen molar-refractivity contribution in [3.63, 3.8) is 0 Å². The predicted octanol–water partition coefficient (Wildman–Crippen LogP) is 8.14. The molecule has 2 aromatic rings. The van der Waals surface area contributed by atoms with E-state index in [2.05, 4.69) is 61.8 Å². The zero-order chi connectivity index (χ0) is 28.2.